The normalized spacial score (nSPS) is 13.4. The highest BCUT2D eigenvalue weighted by Gasteiger charge is 2.12. The molecule has 41 heavy (non-hydrogen) atoms. The SMILES string of the molecule is CCCCCCCC/C=C\CCCCCCC(O)CN(C)CC(O)CCCCCC/C=C\CCCCCCCC.Cl. The van der Waals surface area contributed by atoms with Crippen LogP contribution in [0.5, 0.6) is 0 Å². The summed E-state index contributed by atoms with van der Waals surface area (Å²) >= 11 is 0. The van der Waals surface area contributed by atoms with Crippen molar-refractivity contribution in [2.75, 3.05) is 20.1 Å². The lowest BCUT2D eigenvalue weighted by Crippen LogP contribution is -2.35. The Kier molecular flexibility index (Phi) is 37.4. The van der Waals surface area contributed by atoms with E-state index < -0.39 is 0 Å². The van der Waals surface area contributed by atoms with E-state index in [0.29, 0.717) is 13.1 Å². The van der Waals surface area contributed by atoms with Gasteiger partial charge < -0.3 is 15.1 Å². The maximum atomic E-state index is 10.4. The number of nitrogens with zero attached hydrogens (tertiary/aromatic N) is 1. The summed E-state index contributed by atoms with van der Waals surface area (Å²) in [4.78, 5) is 2.11. The molecular formula is C37H74ClNO2. The predicted molar refractivity (Wildman–Crippen MR) is 186 cm³/mol. The molecule has 2 N–H and O–H groups in total. The Hall–Kier alpha value is -0.350. The Morgan fingerprint density at radius 1 is 0.439 bits per heavy atom. The number of aliphatic hydroxyl groups excluding tert-OH is 2. The van der Waals surface area contributed by atoms with Crippen LogP contribution in [0, 0.1) is 0 Å². The molecule has 2 atom stereocenters. The van der Waals surface area contributed by atoms with Crippen molar-refractivity contribution in [3.63, 3.8) is 0 Å². The molecule has 3 nitrogen and oxygen atoms in total. The maximum Gasteiger partial charge on any atom is 0.0667 e. The molecule has 0 fully saturated rings. The lowest BCUT2D eigenvalue weighted by Gasteiger charge is -2.23. The van der Waals surface area contributed by atoms with Crippen LogP contribution in [0.25, 0.3) is 0 Å². The lowest BCUT2D eigenvalue weighted by molar-refractivity contribution is 0.0738. The molecule has 0 aromatic rings. The molecular weight excluding hydrogens is 526 g/mol. The van der Waals surface area contributed by atoms with Gasteiger partial charge in [0.15, 0.2) is 0 Å². The molecule has 0 spiro atoms. The summed E-state index contributed by atoms with van der Waals surface area (Å²) < 4.78 is 0. The number of allylic oxidation sites excluding steroid dienone is 4. The first-order chi connectivity index (χ1) is 19.6. The predicted octanol–water partition coefficient (Wildman–Crippen LogP) is 11.4. The van der Waals surface area contributed by atoms with Crippen molar-refractivity contribution < 1.29 is 10.2 Å². The molecule has 0 saturated carbocycles. The van der Waals surface area contributed by atoms with Gasteiger partial charge in [-0.3, -0.25) is 0 Å². The molecule has 0 aromatic carbocycles. The molecule has 2 unspecified atom stereocenters. The molecule has 0 aromatic heterocycles. The van der Waals surface area contributed by atoms with Crippen molar-refractivity contribution in [1.29, 1.82) is 0 Å². The third-order valence-corrected chi connectivity index (χ3v) is 8.14. The Balaban J connectivity index is 0. The first-order valence-electron chi connectivity index (χ1n) is 17.9. The van der Waals surface area contributed by atoms with Crippen LogP contribution in [0.4, 0.5) is 0 Å². The van der Waals surface area contributed by atoms with Crippen LogP contribution in [0.2, 0.25) is 0 Å². The monoisotopic (exact) mass is 600 g/mol. The molecule has 0 amide bonds. The summed E-state index contributed by atoms with van der Waals surface area (Å²) in [5.74, 6) is 0. The van der Waals surface area contributed by atoms with Crippen LogP contribution >= 0.6 is 12.4 Å². The van der Waals surface area contributed by atoms with Crippen molar-refractivity contribution in [1.82, 2.24) is 4.90 Å². The molecule has 0 aliphatic rings. The highest BCUT2D eigenvalue weighted by molar-refractivity contribution is 5.85. The van der Waals surface area contributed by atoms with Crippen LogP contribution in [0.3, 0.4) is 0 Å². The third-order valence-electron chi connectivity index (χ3n) is 8.14. The van der Waals surface area contributed by atoms with Gasteiger partial charge in [0.25, 0.3) is 0 Å². The van der Waals surface area contributed by atoms with Gasteiger partial charge in [0.05, 0.1) is 12.2 Å². The zero-order chi connectivity index (χ0) is 29.4. The molecule has 0 aliphatic carbocycles. The molecule has 0 saturated heterocycles. The van der Waals surface area contributed by atoms with Crippen LogP contribution in [-0.2, 0) is 0 Å². The average Bonchev–Trinajstić information content (AvgIpc) is 2.93. The summed E-state index contributed by atoms with van der Waals surface area (Å²) in [6.07, 6.45) is 41.9. The van der Waals surface area contributed by atoms with E-state index in [1.54, 1.807) is 0 Å². The van der Waals surface area contributed by atoms with E-state index >= 15 is 0 Å². The fraction of sp³-hybridized carbons (Fsp3) is 0.892. The first-order valence-corrected chi connectivity index (χ1v) is 17.9. The van der Waals surface area contributed by atoms with Gasteiger partial charge in [0.1, 0.15) is 0 Å². The van der Waals surface area contributed by atoms with Gasteiger partial charge in [-0.15, -0.1) is 12.4 Å². The molecule has 0 rings (SSSR count). The van der Waals surface area contributed by atoms with E-state index in [2.05, 4.69) is 43.1 Å². The van der Waals surface area contributed by atoms with Gasteiger partial charge in [0, 0.05) is 13.1 Å². The van der Waals surface area contributed by atoms with Gasteiger partial charge >= 0.3 is 0 Å². The minimum Gasteiger partial charge on any atom is -0.392 e. The van der Waals surface area contributed by atoms with E-state index in [0.717, 1.165) is 25.7 Å². The van der Waals surface area contributed by atoms with Gasteiger partial charge in [-0.05, 0) is 71.3 Å². The number of unbranched alkanes of at least 4 members (excludes halogenated alkanes) is 20. The lowest BCUT2D eigenvalue weighted by atomic mass is 10.1. The fourth-order valence-corrected chi connectivity index (χ4v) is 5.52. The largest absolute Gasteiger partial charge is 0.392 e. The summed E-state index contributed by atoms with van der Waals surface area (Å²) in [6, 6.07) is 0. The first kappa shape index (κ1) is 42.8. The topological polar surface area (TPSA) is 43.7 Å². The van der Waals surface area contributed by atoms with Crippen molar-refractivity contribution in [2.45, 2.75) is 193 Å². The van der Waals surface area contributed by atoms with Crippen molar-refractivity contribution in [3.8, 4) is 0 Å². The van der Waals surface area contributed by atoms with Crippen LogP contribution in [0.1, 0.15) is 181 Å². The van der Waals surface area contributed by atoms with E-state index in [1.807, 2.05) is 7.05 Å². The summed E-state index contributed by atoms with van der Waals surface area (Å²) in [7, 11) is 2.03. The van der Waals surface area contributed by atoms with E-state index in [-0.39, 0.29) is 24.6 Å². The summed E-state index contributed by atoms with van der Waals surface area (Å²) in [5.41, 5.74) is 0. The van der Waals surface area contributed by atoms with Crippen LogP contribution in [-0.4, -0.2) is 47.5 Å². The number of aliphatic hydroxyl groups is 2. The number of halogens is 1. The summed E-state index contributed by atoms with van der Waals surface area (Å²) in [5, 5.41) is 20.8. The fourth-order valence-electron chi connectivity index (χ4n) is 5.52. The van der Waals surface area contributed by atoms with E-state index in [9.17, 15) is 10.2 Å². The number of rotatable bonds is 32. The van der Waals surface area contributed by atoms with Crippen LogP contribution in [0.15, 0.2) is 24.3 Å². The van der Waals surface area contributed by atoms with E-state index in [1.165, 1.54) is 141 Å². The standard InChI is InChI=1S/C37H73NO2.ClH/c1-4-6-8-10-12-14-16-18-20-22-24-26-28-30-32-36(39)34-38(3)35-37(40)33-31-29-27-25-23-21-19-17-15-13-11-9-7-5-2;/h18-21,36-37,39-40H,4-17,22-35H2,1-3H3;1H/b20-18-,21-19-;. The second kappa shape index (κ2) is 35.8. The minimum absolute atomic E-state index is 0. The Morgan fingerprint density at radius 3 is 1.02 bits per heavy atom. The minimum atomic E-state index is -0.275. The molecule has 0 aliphatic heterocycles. The van der Waals surface area contributed by atoms with Gasteiger partial charge in [0.2, 0.25) is 0 Å². The summed E-state index contributed by atoms with van der Waals surface area (Å²) in [6.45, 7) is 5.89. The van der Waals surface area contributed by atoms with Crippen molar-refractivity contribution in [2.24, 2.45) is 0 Å². The Morgan fingerprint density at radius 2 is 0.707 bits per heavy atom. The highest BCUT2D eigenvalue weighted by atomic mass is 35.5. The molecule has 0 heterocycles. The zero-order valence-electron chi connectivity index (χ0n) is 28.0. The van der Waals surface area contributed by atoms with Crippen molar-refractivity contribution >= 4 is 12.4 Å². The molecule has 4 heteroatoms. The van der Waals surface area contributed by atoms with Gasteiger partial charge in [-0.25, -0.2) is 0 Å². The molecule has 246 valence electrons. The Bertz CT molecular complexity index is 493. The second-order valence-electron chi connectivity index (χ2n) is 12.6. The second-order valence-corrected chi connectivity index (χ2v) is 12.6. The molecule has 0 radical (unpaired) electrons. The van der Waals surface area contributed by atoms with Gasteiger partial charge in [-0.2, -0.15) is 0 Å². The quantitative estimate of drug-likeness (QED) is 0.0596. The number of likely N-dealkylation sites (N-methyl/N-ethyl adjacent to an activating group) is 1. The van der Waals surface area contributed by atoms with E-state index in [4.69, 9.17) is 0 Å². The Labute approximate surface area is 264 Å². The third kappa shape index (κ3) is 35.8. The average molecular weight is 600 g/mol. The van der Waals surface area contributed by atoms with Crippen LogP contribution < -0.4 is 0 Å². The van der Waals surface area contributed by atoms with Gasteiger partial charge in [-0.1, -0.05) is 141 Å². The zero-order valence-corrected chi connectivity index (χ0v) is 28.8. The smallest absolute Gasteiger partial charge is 0.0667 e. The maximum absolute atomic E-state index is 10.4. The number of hydrogen-bond acceptors (Lipinski definition) is 3. The van der Waals surface area contributed by atoms with Crippen molar-refractivity contribution in [3.05, 3.63) is 24.3 Å². The number of hydrogen-bond donors (Lipinski definition) is 2. The highest BCUT2D eigenvalue weighted by Crippen LogP contribution is 2.13. The molecule has 0 bridgehead atoms.